The molecule has 49 heavy (non-hydrogen) atoms. The van der Waals surface area contributed by atoms with Gasteiger partial charge in [0.15, 0.2) is 12.6 Å². The molecule has 13 nitrogen and oxygen atoms in total. The first-order valence-corrected chi connectivity index (χ1v) is 18.3. The van der Waals surface area contributed by atoms with Crippen LogP contribution in [0, 0.1) is 28.6 Å². The van der Waals surface area contributed by atoms with Gasteiger partial charge in [-0.2, -0.15) is 0 Å². The third kappa shape index (κ3) is 5.65. The molecule has 0 aromatic heterocycles. The Hall–Kier alpha value is -1.23. The fourth-order valence-electron chi connectivity index (χ4n) is 11.5. The number of esters is 1. The summed E-state index contributed by atoms with van der Waals surface area (Å²) in [5.41, 5.74) is -1.52. The summed E-state index contributed by atoms with van der Waals surface area (Å²) in [7, 11) is 1.55. The molecule has 4 saturated carbocycles. The lowest BCUT2D eigenvalue weighted by atomic mass is 9.42. The third-order valence-electron chi connectivity index (χ3n) is 14.5. The molecule has 278 valence electrons. The highest BCUT2D eigenvalue weighted by Gasteiger charge is 2.70. The fraction of sp³-hybridized carbons (Fsp3) is 0.917. The van der Waals surface area contributed by atoms with Crippen LogP contribution in [0.4, 0.5) is 0 Å². The van der Waals surface area contributed by atoms with Gasteiger partial charge >= 0.3 is 5.97 Å². The van der Waals surface area contributed by atoms with Crippen LogP contribution >= 0.6 is 0 Å². The summed E-state index contributed by atoms with van der Waals surface area (Å²) in [6.07, 6.45) is -1.10. The van der Waals surface area contributed by atoms with E-state index >= 15 is 0 Å². The monoisotopic (exact) mass is 696 g/mol. The van der Waals surface area contributed by atoms with Crippen molar-refractivity contribution >= 4 is 5.97 Å². The van der Waals surface area contributed by atoms with Gasteiger partial charge in [0.05, 0.1) is 36.1 Å². The molecular formula is C36H56O13. The first-order chi connectivity index (χ1) is 23.2. The minimum Gasteiger partial charge on any atom is -0.458 e. The molecule has 0 amide bonds. The van der Waals surface area contributed by atoms with Crippen molar-refractivity contribution in [1.29, 1.82) is 0 Å². The number of hydrogen-bond donors (Lipinski definition) is 6. The number of carbonyl (C=O) groups is 1. The molecule has 0 aromatic rings. The van der Waals surface area contributed by atoms with Crippen molar-refractivity contribution in [1.82, 2.24) is 0 Å². The van der Waals surface area contributed by atoms with Crippen LogP contribution in [0.1, 0.15) is 85.0 Å². The summed E-state index contributed by atoms with van der Waals surface area (Å²) in [5, 5.41) is 65.4. The van der Waals surface area contributed by atoms with Crippen molar-refractivity contribution in [3.8, 4) is 0 Å². The summed E-state index contributed by atoms with van der Waals surface area (Å²) in [5.74, 6) is 0.0783. The second-order valence-electron chi connectivity index (χ2n) is 16.6. The molecule has 7 rings (SSSR count). The number of fused-ring (bicyclic) bond motifs is 5. The van der Waals surface area contributed by atoms with E-state index in [4.69, 9.17) is 28.4 Å². The molecule has 7 aliphatic rings. The van der Waals surface area contributed by atoms with E-state index < -0.39 is 73.1 Å². The highest BCUT2D eigenvalue weighted by molar-refractivity contribution is 5.85. The highest BCUT2D eigenvalue weighted by Crippen LogP contribution is 2.70. The molecule has 6 N–H and O–H groups in total. The molecule has 0 unspecified atom stereocenters. The van der Waals surface area contributed by atoms with Crippen LogP contribution in [0.2, 0.25) is 0 Å². The second kappa shape index (κ2) is 13.0. The van der Waals surface area contributed by atoms with Gasteiger partial charge in [-0.25, -0.2) is 4.79 Å². The van der Waals surface area contributed by atoms with Crippen molar-refractivity contribution in [3.05, 3.63) is 11.6 Å². The number of hydrogen-bond acceptors (Lipinski definition) is 13. The van der Waals surface area contributed by atoms with Crippen LogP contribution in [-0.4, -0.2) is 130 Å². The first kappa shape index (κ1) is 36.1. The predicted octanol–water partition coefficient (Wildman–Crippen LogP) is 1.08. The van der Waals surface area contributed by atoms with Gasteiger partial charge in [-0.05, 0) is 87.0 Å². The first-order valence-electron chi connectivity index (χ1n) is 18.3. The van der Waals surface area contributed by atoms with Crippen LogP contribution in [0.3, 0.4) is 0 Å². The lowest BCUT2D eigenvalue weighted by Gasteiger charge is -2.66. The number of rotatable bonds is 7. The Bertz CT molecular complexity index is 1280. The molecule has 17 atom stereocenters. The Morgan fingerprint density at radius 3 is 2.33 bits per heavy atom. The SMILES string of the molecule is CO[C@H]1C[C@H](O[C@H]2CC[C@]3(C)[C@H]4CC[C@]5(C)[C@@H](C6=CC(=O)OC6)CC[C@]5(O)[C@@H]4CC[C@]3(O)C2)O[C@H](C)[C@H]1O[C@H]1O[C@H](CO)[C@@H](O)[C@H](O)[C@H]1O. The molecule has 3 aliphatic heterocycles. The number of aliphatic hydroxyl groups excluding tert-OH is 4. The van der Waals surface area contributed by atoms with Crippen LogP contribution in [0.25, 0.3) is 0 Å². The third-order valence-corrected chi connectivity index (χ3v) is 14.5. The normalized spacial score (nSPS) is 54.4. The summed E-state index contributed by atoms with van der Waals surface area (Å²) in [6.45, 7) is 5.98. The second-order valence-corrected chi connectivity index (χ2v) is 16.6. The maximum Gasteiger partial charge on any atom is 0.331 e. The summed E-state index contributed by atoms with van der Waals surface area (Å²) < 4.78 is 35.4. The number of aliphatic hydroxyl groups is 6. The Balaban J connectivity index is 0.994. The molecular weight excluding hydrogens is 640 g/mol. The maximum atomic E-state index is 12.5. The van der Waals surface area contributed by atoms with Crippen molar-refractivity contribution in [2.75, 3.05) is 20.3 Å². The average Bonchev–Trinajstić information content (AvgIpc) is 3.61. The smallest absolute Gasteiger partial charge is 0.331 e. The number of cyclic esters (lactones) is 1. The number of ether oxygens (including phenoxy) is 6. The molecule has 2 saturated heterocycles. The summed E-state index contributed by atoms with van der Waals surface area (Å²) in [6, 6.07) is 0. The van der Waals surface area contributed by atoms with Gasteiger partial charge in [0.1, 0.15) is 37.1 Å². The molecule has 0 aromatic carbocycles. The fourth-order valence-corrected chi connectivity index (χ4v) is 11.5. The Morgan fingerprint density at radius 1 is 0.898 bits per heavy atom. The van der Waals surface area contributed by atoms with Gasteiger partial charge in [-0.15, -0.1) is 0 Å². The Labute approximate surface area is 287 Å². The quantitative estimate of drug-likeness (QED) is 0.164. The lowest BCUT2D eigenvalue weighted by molar-refractivity contribution is -0.347. The lowest BCUT2D eigenvalue weighted by Crippen LogP contribution is -2.67. The van der Waals surface area contributed by atoms with Crippen LogP contribution < -0.4 is 0 Å². The van der Waals surface area contributed by atoms with E-state index in [1.54, 1.807) is 20.1 Å². The van der Waals surface area contributed by atoms with Gasteiger partial charge in [0.2, 0.25) is 0 Å². The van der Waals surface area contributed by atoms with E-state index in [9.17, 15) is 35.4 Å². The van der Waals surface area contributed by atoms with Gasteiger partial charge in [-0.3, -0.25) is 0 Å². The van der Waals surface area contributed by atoms with Crippen LogP contribution in [0.5, 0.6) is 0 Å². The number of carbonyl (C=O) groups excluding carboxylic acids is 1. The molecule has 4 aliphatic carbocycles. The minimum atomic E-state index is -1.56. The van der Waals surface area contributed by atoms with E-state index in [-0.39, 0.29) is 40.7 Å². The molecule has 0 spiro atoms. The zero-order valence-corrected chi connectivity index (χ0v) is 29.1. The van der Waals surface area contributed by atoms with Crippen molar-refractivity contribution in [3.63, 3.8) is 0 Å². The van der Waals surface area contributed by atoms with Gasteiger partial charge < -0.3 is 59.1 Å². The number of methoxy groups -OCH3 is 1. The van der Waals surface area contributed by atoms with E-state index in [0.717, 1.165) is 44.1 Å². The van der Waals surface area contributed by atoms with Gasteiger partial charge in [0, 0.05) is 31.4 Å². The zero-order chi connectivity index (χ0) is 35.1. The zero-order valence-electron chi connectivity index (χ0n) is 29.1. The standard InChI is InChI=1S/C36H56O13/c1-18-31(49-32-30(41)29(40)28(39)25(16-37)48-32)24(44-4)14-27(46-18)47-20-5-9-33(2)22-6-10-34(3)21(19-13-26(38)45-17-19)8-12-36(34,43)23(22)7-11-35(33,42)15-20/h13,18,20-25,27-32,37,39-43H,5-12,14-17H2,1-4H3/t18-,20+,21-,22+,23-,24+,25-,27+,28-,29+,30-,31-,32-,33-,34-,35+,36+/m1/s1. The predicted molar refractivity (Wildman–Crippen MR) is 170 cm³/mol. The molecule has 13 heteroatoms. The van der Waals surface area contributed by atoms with E-state index in [1.165, 1.54) is 0 Å². The van der Waals surface area contributed by atoms with Crippen molar-refractivity contribution < 1.29 is 63.9 Å². The van der Waals surface area contributed by atoms with Gasteiger partial charge in [0.25, 0.3) is 0 Å². The largest absolute Gasteiger partial charge is 0.458 e. The van der Waals surface area contributed by atoms with Gasteiger partial charge in [-0.1, -0.05) is 13.8 Å². The topological polar surface area (TPSA) is 194 Å². The van der Waals surface area contributed by atoms with Crippen molar-refractivity contribution in [2.45, 2.75) is 158 Å². The summed E-state index contributed by atoms with van der Waals surface area (Å²) >= 11 is 0. The Kier molecular flexibility index (Phi) is 9.60. The van der Waals surface area contributed by atoms with Crippen LogP contribution in [0.15, 0.2) is 11.6 Å². The average molecular weight is 697 g/mol. The highest BCUT2D eigenvalue weighted by atomic mass is 16.7. The maximum absolute atomic E-state index is 12.5. The molecule has 0 radical (unpaired) electrons. The van der Waals surface area contributed by atoms with E-state index in [2.05, 4.69) is 13.8 Å². The van der Waals surface area contributed by atoms with Crippen LogP contribution in [-0.2, 0) is 33.2 Å². The summed E-state index contributed by atoms with van der Waals surface area (Å²) in [4.78, 5) is 11.9. The molecule has 3 heterocycles. The molecule has 0 bridgehead atoms. The van der Waals surface area contributed by atoms with Crippen molar-refractivity contribution in [2.24, 2.45) is 28.6 Å². The van der Waals surface area contributed by atoms with E-state index in [0.29, 0.717) is 32.3 Å². The molecule has 6 fully saturated rings. The minimum absolute atomic E-state index is 0.0724. The van der Waals surface area contributed by atoms with E-state index in [1.807, 2.05) is 0 Å². The Morgan fingerprint density at radius 2 is 1.63 bits per heavy atom.